The number of benzene rings is 1. The lowest BCUT2D eigenvalue weighted by molar-refractivity contribution is -0.136. The summed E-state index contributed by atoms with van der Waals surface area (Å²) in [5.41, 5.74) is 2.89. The smallest absolute Gasteiger partial charge is 0.255 e. The number of amides is 3. The second kappa shape index (κ2) is 5.89. The standard InChI is InChI=1S/C19H22N4O3/c24-17-4-3-15(18(25)21-17)23-10-12-7-11(1-2-13(12)19(23)26)9-22-6-5-20-14-8-16(14)22/h1-2,7,14-16,20H,3-6,8-10H2,(H,21,24,25). The molecule has 3 fully saturated rings. The molecule has 2 saturated heterocycles. The predicted molar refractivity (Wildman–Crippen MR) is 93.1 cm³/mol. The van der Waals surface area contributed by atoms with Gasteiger partial charge >= 0.3 is 0 Å². The first kappa shape index (κ1) is 16.0. The summed E-state index contributed by atoms with van der Waals surface area (Å²) in [6.45, 7) is 3.44. The molecule has 3 atom stereocenters. The Balaban J connectivity index is 1.32. The van der Waals surface area contributed by atoms with E-state index in [4.69, 9.17) is 0 Å². The Morgan fingerprint density at radius 3 is 2.92 bits per heavy atom. The molecule has 3 aliphatic heterocycles. The zero-order chi connectivity index (χ0) is 17.8. The maximum atomic E-state index is 12.7. The molecular weight excluding hydrogens is 332 g/mol. The van der Waals surface area contributed by atoms with Crippen LogP contribution in [-0.2, 0) is 22.7 Å². The monoisotopic (exact) mass is 354 g/mol. The normalized spacial score (nSPS) is 30.8. The van der Waals surface area contributed by atoms with Crippen LogP contribution >= 0.6 is 0 Å². The SMILES string of the molecule is O=C1CCC(N2Cc3cc(CN4CCNC5CC54)ccc3C2=O)C(=O)N1. The van der Waals surface area contributed by atoms with E-state index in [-0.39, 0.29) is 24.1 Å². The van der Waals surface area contributed by atoms with E-state index in [9.17, 15) is 14.4 Å². The third-order valence-electron chi connectivity index (χ3n) is 6.00. The summed E-state index contributed by atoms with van der Waals surface area (Å²) in [5, 5.41) is 5.86. The summed E-state index contributed by atoms with van der Waals surface area (Å²) in [6, 6.07) is 6.80. The molecule has 3 heterocycles. The second-order valence-corrected chi connectivity index (χ2v) is 7.73. The van der Waals surface area contributed by atoms with Crippen LogP contribution in [0.2, 0.25) is 0 Å². The van der Waals surface area contributed by atoms with E-state index >= 15 is 0 Å². The fraction of sp³-hybridized carbons (Fsp3) is 0.526. The van der Waals surface area contributed by atoms with Crippen molar-refractivity contribution in [3.8, 4) is 0 Å². The number of carbonyl (C=O) groups is 3. The molecule has 0 spiro atoms. The number of rotatable bonds is 3. The van der Waals surface area contributed by atoms with Gasteiger partial charge < -0.3 is 10.2 Å². The molecule has 26 heavy (non-hydrogen) atoms. The van der Waals surface area contributed by atoms with Gasteiger partial charge in [0, 0.05) is 50.2 Å². The highest BCUT2D eigenvalue weighted by molar-refractivity contribution is 6.05. The van der Waals surface area contributed by atoms with Crippen LogP contribution in [0.3, 0.4) is 0 Å². The first-order chi connectivity index (χ1) is 12.6. The Morgan fingerprint density at radius 1 is 1.19 bits per heavy atom. The molecule has 0 bridgehead atoms. The van der Waals surface area contributed by atoms with Crippen molar-refractivity contribution >= 4 is 17.7 Å². The topological polar surface area (TPSA) is 81.8 Å². The summed E-state index contributed by atoms with van der Waals surface area (Å²) in [6.07, 6.45) is 1.92. The molecule has 1 aromatic carbocycles. The van der Waals surface area contributed by atoms with Crippen LogP contribution in [0.1, 0.15) is 40.7 Å². The summed E-state index contributed by atoms with van der Waals surface area (Å²) in [4.78, 5) is 40.3. The van der Waals surface area contributed by atoms with Crippen LogP contribution in [-0.4, -0.2) is 58.7 Å². The van der Waals surface area contributed by atoms with Gasteiger partial charge in [-0.25, -0.2) is 0 Å². The number of piperidine rings is 1. The number of nitrogens with one attached hydrogen (secondary N) is 2. The lowest BCUT2D eigenvalue weighted by atomic mass is 10.0. The Morgan fingerprint density at radius 2 is 2.08 bits per heavy atom. The van der Waals surface area contributed by atoms with Gasteiger partial charge in [0.1, 0.15) is 6.04 Å². The number of piperazine rings is 1. The van der Waals surface area contributed by atoms with Gasteiger partial charge in [-0.3, -0.25) is 24.6 Å². The van der Waals surface area contributed by atoms with Crippen molar-refractivity contribution in [2.75, 3.05) is 13.1 Å². The van der Waals surface area contributed by atoms with Crippen LogP contribution in [0, 0.1) is 0 Å². The maximum Gasteiger partial charge on any atom is 0.255 e. The molecule has 136 valence electrons. The van der Waals surface area contributed by atoms with Crippen molar-refractivity contribution in [1.82, 2.24) is 20.4 Å². The van der Waals surface area contributed by atoms with E-state index in [2.05, 4.69) is 21.6 Å². The molecule has 7 nitrogen and oxygen atoms in total. The molecule has 7 heteroatoms. The number of hydrogen-bond donors (Lipinski definition) is 2. The van der Waals surface area contributed by atoms with Gasteiger partial charge in [0.25, 0.3) is 5.91 Å². The average molecular weight is 354 g/mol. The van der Waals surface area contributed by atoms with Crippen LogP contribution in [0.15, 0.2) is 18.2 Å². The Labute approximate surface area is 151 Å². The van der Waals surface area contributed by atoms with Crippen molar-refractivity contribution < 1.29 is 14.4 Å². The van der Waals surface area contributed by atoms with Crippen LogP contribution in [0.4, 0.5) is 0 Å². The molecule has 1 aliphatic carbocycles. The predicted octanol–water partition coefficient (Wildman–Crippen LogP) is -0.00630. The van der Waals surface area contributed by atoms with Crippen LogP contribution in [0.5, 0.6) is 0 Å². The highest BCUT2D eigenvalue weighted by Crippen LogP contribution is 2.33. The maximum absolute atomic E-state index is 12.7. The summed E-state index contributed by atoms with van der Waals surface area (Å²) in [5.74, 6) is -0.721. The molecular formula is C19H22N4O3. The summed E-state index contributed by atoms with van der Waals surface area (Å²) >= 11 is 0. The first-order valence-corrected chi connectivity index (χ1v) is 9.34. The molecule has 3 amide bonds. The van der Waals surface area contributed by atoms with Gasteiger partial charge in [-0.15, -0.1) is 0 Å². The fourth-order valence-electron chi connectivity index (χ4n) is 4.52. The average Bonchev–Trinajstić information content (AvgIpc) is 3.34. The van der Waals surface area contributed by atoms with E-state index in [0.29, 0.717) is 30.6 Å². The third-order valence-corrected chi connectivity index (χ3v) is 6.00. The molecule has 5 rings (SSSR count). The first-order valence-electron chi connectivity index (χ1n) is 9.34. The van der Waals surface area contributed by atoms with E-state index in [0.717, 1.165) is 25.2 Å². The van der Waals surface area contributed by atoms with Crippen molar-refractivity contribution in [3.63, 3.8) is 0 Å². The van der Waals surface area contributed by atoms with Gasteiger partial charge in [-0.1, -0.05) is 12.1 Å². The molecule has 1 saturated carbocycles. The number of nitrogens with zero attached hydrogens (tertiary/aromatic N) is 2. The van der Waals surface area contributed by atoms with Crippen molar-refractivity contribution in [3.05, 3.63) is 34.9 Å². The molecule has 1 aromatic rings. The number of carbonyl (C=O) groups excluding carboxylic acids is 3. The summed E-state index contributed by atoms with van der Waals surface area (Å²) in [7, 11) is 0. The highest BCUT2D eigenvalue weighted by Gasteiger charge is 2.44. The van der Waals surface area contributed by atoms with Crippen molar-refractivity contribution in [2.45, 2.75) is 50.5 Å². The Hall–Kier alpha value is -2.25. The molecule has 3 unspecified atom stereocenters. The van der Waals surface area contributed by atoms with E-state index in [1.807, 2.05) is 12.1 Å². The zero-order valence-corrected chi connectivity index (χ0v) is 14.5. The number of hydrogen-bond acceptors (Lipinski definition) is 5. The minimum atomic E-state index is -0.545. The third kappa shape index (κ3) is 2.62. The minimum Gasteiger partial charge on any atom is -0.322 e. The lowest BCUT2D eigenvalue weighted by Crippen LogP contribution is -2.52. The van der Waals surface area contributed by atoms with Gasteiger partial charge in [0.15, 0.2) is 0 Å². The molecule has 0 aromatic heterocycles. The molecule has 4 aliphatic rings. The molecule has 0 radical (unpaired) electrons. The Kier molecular flexibility index (Phi) is 3.62. The lowest BCUT2D eigenvalue weighted by Gasteiger charge is -2.29. The Bertz CT molecular complexity index is 808. The van der Waals surface area contributed by atoms with E-state index in [1.165, 1.54) is 12.0 Å². The van der Waals surface area contributed by atoms with Crippen molar-refractivity contribution in [2.24, 2.45) is 0 Å². The number of imide groups is 1. The minimum absolute atomic E-state index is 0.106. The van der Waals surface area contributed by atoms with Gasteiger partial charge in [0.05, 0.1) is 0 Å². The van der Waals surface area contributed by atoms with E-state index < -0.39 is 6.04 Å². The quantitative estimate of drug-likeness (QED) is 0.747. The van der Waals surface area contributed by atoms with Crippen molar-refractivity contribution in [1.29, 1.82) is 0 Å². The highest BCUT2D eigenvalue weighted by atomic mass is 16.2. The summed E-state index contributed by atoms with van der Waals surface area (Å²) < 4.78 is 0. The zero-order valence-electron chi connectivity index (χ0n) is 14.5. The van der Waals surface area contributed by atoms with Gasteiger partial charge in [0.2, 0.25) is 11.8 Å². The van der Waals surface area contributed by atoms with Gasteiger partial charge in [-0.05, 0) is 30.0 Å². The second-order valence-electron chi connectivity index (χ2n) is 7.73. The largest absolute Gasteiger partial charge is 0.322 e. The molecule has 2 N–H and O–H groups in total. The van der Waals surface area contributed by atoms with Gasteiger partial charge in [-0.2, -0.15) is 0 Å². The van der Waals surface area contributed by atoms with E-state index in [1.54, 1.807) is 4.90 Å². The fourth-order valence-corrected chi connectivity index (χ4v) is 4.52. The van der Waals surface area contributed by atoms with Crippen LogP contribution < -0.4 is 10.6 Å². The van der Waals surface area contributed by atoms with Crippen LogP contribution in [0.25, 0.3) is 0 Å². The number of fused-ring (bicyclic) bond motifs is 2.